The number of morpholine rings is 1. The maximum absolute atomic E-state index is 13.0. The highest BCUT2D eigenvalue weighted by molar-refractivity contribution is 5.94. The minimum Gasteiger partial charge on any atom is -0.497 e. The van der Waals surface area contributed by atoms with Gasteiger partial charge in [-0.2, -0.15) is 0 Å². The van der Waals surface area contributed by atoms with Crippen molar-refractivity contribution in [3.8, 4) is 5.75 Å². The zero-order chi connectivity index (χ0) is 19.1. The second-order valence-corrected chi connectivity index (χ2v) is 7.43. The Morgan fingerprint density at radius 1 is 1.35 bits per heavy atom. The Morgan fingerprint density at radius 3 is 2.62 bits per heavy atom. The fourth-order valence-corrected chi connectivity index (χ4v) is 3.27. The van der Waals surface area contributed by atoms with Gasteiger partial charge < -0.3 is 19.5 Å². The van der Waals surface area contributed by atoms with E-state index in [9.17, 15) is 9.90 Å². The van der Waals surface area contributed by atoms with Gasteiger partial charge >= 0.3 is 0 Å². The lowest BCUT2D eigenvalue weighted by atomic mass is 10.1. The lowest BCUT2D eigenvalue weighted by Gasteiger charge is -2.36. The van der Waals surface area contributed by atoms with Crippen LogP contribution in [0.5, 0.6) is 5.75 Å². The van der Waals surface area contributed by atoms with E-state index in [0.717, 1.165) is 18.8 Å². The van der Waals surface area contributed by atoms with Gasteiger partial charge in [0.1, 0.15) is 5.75 Å². The van der Waals surface area contributed by atoms with Gasteiger partial charge in [0.2, 0.25) is 0 Å². The number of carbonyl (C=O) groups is 1. The average Bonchev–Trinajstić information content (AvgIpc) is 2.60. The summed E-state index contributed by atoms with van der Waals surface area (Å²) in [7, 11) is 1.61. The van der Waals surface area contributed by atoms with Crippen molar-refractivity contribution < 1.29 is 19.4 Å². The molecule has 26 heavy (non-hydrogen) atoms. The van der Waals surface area contributed by atoms with Gasteiger partial charge in [-0.15, -0.1) is 0 Å². The molecule has 6 heteroatoms. The molecule has 6 nitrogen and oxygen atoms in total. The second kappa shape index (κ2) is 9.90. The Labute approximate surface area is 156 Å². The Morgan fingerprint density at radius 2 is 2.04 bits per heavy atom. The van der Waals surface area contributed by atoms with Crippen molar-refractivity contribution in [2.24, 2.45) is 5.92 Å². The number of rotatable bonds is 8. The molecule has 0 aliphatic carbocycles. The molecule has 2 rings (SSSR count). The summed E-state index contributed by atoms with van der Waals surface area (Å²) in [5.41, 5.74) is 0.656. The summed E-state index contributed by atoms with van der Waals surface area (Å²) in [6, 6.07) is 7.22. The largest absolute Gasteiger partial charge is 0.497 e. The third kappa shape index (κ3) is 6.27. The van der Waals surface area contributed by atoms with Gasteiger partial charge in [0.05, 0.1) is 25.9 Å². The van der Waals surface area contributed by atoms with Gasteiger partial charge in [-0.3, -0.25) is 9.69 Å². The minimum atomic E-state index is -0.360. The topological polar surface area (TPSA) is 62.2 Å². The Balaban J connectivity index is 2.04. The maximum atomic E-state index is 13.0. The molecule has 1 amide bonds. The van der Waals surface area contributed by atoms with Crippen molar-refractivity contribution in [1.29, 1.82) is 0 Å². The van der Waals surface area contributed by atoms with Crippen molar-refractivity contribution in [2.45, 2.75) is 33.0 Å². The standard InChI is InChI=1S/C20H32N2O4/c1-15(2)11-22(20(24)17-5-7-18(25-4)8-6-17)14-19-13-21(9-10-26-19)12-16(3)23/h5-8,15-16,19,23H,9-14H2,1-4H3/t16-,19-/m1/s1. The van der Waals surface area contributed by atoms with E-state index >= 15 is 0 Å². The molecule has 1 saturated heterocycles. The molecule has 0 bridgehead atoms. The van der Waals surface area contributed by atoms with E-state index in [0.29, 0.717) is 37.7 Å². The van der Waals surface area contributed by atoms with Gasteiger partial charge in [-0.05, 0) is 37.1 Å². The van der Waals surface area contributed by atoms with Crippen molar-refractivity contribution in [2.75, 3.05) is 46.4 Å². The van der Waals surface area contributed by atoms with E-state index in [4.69, 9.17) is 9.47 Å². The van der Waals surface area contributed by atoms with Gasteiger partial charge in [0.25, 0.3) is 5.91 Å². The first-order valence-corrected chi connectivity index (χ1v) is 9.34. The minimum absolute atomic E-state index is 0.0117. The third-order valence-electron chi connectivity index (χ3n) is 4.38. The number of hydrogen-bond acceptors (Lipinski definition) is 5. The quantitative estimate of drug-likeness (QED) is 0.763. The molecule has 1 N–H and O–H groups in total. The zero-order valence-corrected chi connectivity index (χ0v) is 16.4. The van der Waals surface area contributed by atoms with Crippen molar-refractivity contribution in [3.05, 3.63) is 29.8 Å². The highest BCUT2D eigenvalue weighted by Gasteiger charge is 2.26. The number of ether oxygens (including phenoxy) is 2. The van der Waals surface area contributed by atoms with E-state index < -0.39 is 0 Å². The van der Waals surface area contributed by atoms with Crippen LogP contribution in [0.1, 0.15) is 31.1 Å². The SMILES string of the molecule is COc1ccc(C(=O)N(CC(C)C)C[C@H]2CN(C[C@@H](C)O)CCO2)cc1. The lowest BCUT2D eigenvalue weighted by Crippen LogP contribution is -2.50. The Bertz CT molecular complexity index is 559. The summed E-state index contributed by atoms with van der Waals surface area (Å²) >= 11 is 0. The summed E-state index contributed by atoms with van der Waals surface area (Å²) in [6.45, 7) is 10.1. The van der Waals surface area contributed by atoms with Crippen LogP contribution < -0.4 is 4.74 Å². The van der Waals surface area contributed by atoms with Crippen LogP contribution in [0.15, 0.2) is 24.3 Å². The Kier molecular flexibility index (Phi) is 7.87. The van der Waals surface area contributed by atoms with Crippen molar-refractivity contribution >= 4 is 5.91 Å². The maximum Gasteiger partial charge on any atom is 0.253 e. The number of aliphatic hydroxyl groups is 1. The monoisotopic (exact) mass is 364 g/mol. The van der Waals surface area contributed by atoms with Gasteiger partial charge in [-0.1, -0.05) is 13.8 Å². The molecule has 2 atom stereocenters. The van der Waals surface area contributed by atoms with Crippen molar-refractivity contribution in [3.63, 3.8) is 0 Å². The first-order valence-electron chi connectivity index (χ1n) is 9.34. The molecule has 1 aromatic rings. The highest BCUT2D eigenvalue weighted by atomic mass is 16.5. The molecule has 146 valence electrons. The summed E-state index contributed by atoms with van der Waals surface area (Å²) in [4.78, 5) is 17.1. The highest BCUT2D eigenvalue weighted by Crippen LogP contribution is 2.16. The molecule has 0 saturated carbocycles. The van der Waals surface area contributed by atoms with E-state index in [1.165, 1.54) is 0 Å². The van der Waals surface area contributed by atoms with E-state index in [-0.39, 0.29) is 18.1 Å². The second-order valence-electron chi connectivity index (χ2n) is 7.43. The summed E-state index contributed by atoms with van der Waals surface area (Å²) in [6.07, 6.45) is -0.398. The number of benzene rings is 1. The van der Waals surface area contributed by atoms with Crippen LogP contribution in [-0.4, -0.2) is 79.5 Å². The number of β-amino-alcohol motifs (C(OH)–C–C–N with tert-alkyl or cyclic N) is 1. The van der Waals surface area contributed by atoms with Gasteiger partial charge in [0.15, 0.2) is 0 Å². The molecule has 1 fully saturated rings. The molecular formula is C20H32N2O4. The van der Waals surface area contributed by atoms with Gasteiger partial charge in [0, 0.05) is 38.3 Å². The van der Waals surface area contributed by atoms with Crippen LogP contribution >= 0.6 is 0 Å². The van der Waals surface area contributed by atoms with Crippen LogP contribution in [-0.2, 0) is 4.74 Å². The number of amides is 1. The fourth-order valence-electron chi connectivity index (χ4n) is 3.27. The van der Waals surface area contributed by atoms with E-state index in [2.05, 4.69) is 18.7 Å². The Hall–Kier alpha value is -1.63. The van der Waals surface area contributed by atoms with Gasteiger partial charge in [-0.25, -0.2) is 0 Å². The molecule has 0 spiro atoms. The summed E-state index contributed by atoms with van der Waals surface area (Å²) < 4.78 is 11.1. The zero-order valence-electron chi connectivity index (χ0n) is 16.4. The number of methoxy groups -OCH3 is 1. The molecule has 1 heterocycles. The number of carbonyl (C=O) groups excluding carboxylic acids is 1. The number of nitrogens with zero attached hydrogens (tertiary/aromatic N) is 2. The van der Waals surface area contributed by atoms with Crippen LogP contribution in [0.2, 0.25) is 0 Å². The van der Waals surface area contributed by atoms with Crippen LogP contribution in [0, 0.1) is 5.92 Å². The van der Waals surface area contributed by atoms with Crippen LogP contribution in [0.3, 0.4) is 0 Å². The molecule has 0 radical (unpaired) electrons. The predicted octanol–water partition coefficient (Wildman–Crippen LogP) is 1.87. The fraction of sp³-hybridized carbons (Fsp3) is 0.650. The van der Waals surface area contributed by atoms with Crippen LogP contribution in [0.25, 0.3) is 0 Å². The lowest BCUT2D eigenvalue weighted by molar-refractivity contribution is -0.0498. The molecule has 0 aromatic heterocycles. The summed E-state index contributed by atoms with van der Waals surface area (Å²) in [5.74, 6) is 1.12. The summed E-state index contributed by atoms with van der Waals surface area (Å²) in [5, 5.41) is 9.61. The van der Waals surface area contributed by atoms with E-state index in [1.54, 1.807) is 26.2 Å². The molecule has 1 aromatic carbocycles. The molecule has 1 aliphatic rings. The normalized spacial score (nSPS) is 19.4. The average molecular weight is 364 g/mol. The first-order chi connectivity index (χ1) is 12.4. The van der Waals surface area contributed by atoms with Crippen molar-refractivity contribution in [1.82, 2.24) is 9.80 Å². The smallest absolute Gasteiger partial charge is 0.253 e. The first kappa shape index (κ1) is 20.7. The predicted molar refractivity (Wildman–Crippen MR) is 102 cm³/mol. The molecular weight excluding hydrogens is 332 g/mol. The number of hydrogen-bond donors (Lipinski definition) is 1. The molecule has 0 unspecified atom stereocenters. The van der Waals surface area contributed by atoms with Crippen LogP contribution in [0.4, 0.5) is 0 Å². The molecule has 1 aliphatic heterocycles. The third-order valence-corrected chi connectivity index (χ3v) is 4.38. The number of aliphatic hydroxyl groups excluding tert-OH is 1. The van der Waals surface area contributed by atoms with E-state index in [1.807, 2.05) is 17.0 Å².